The fourth-order valence-electron chi connectivity index (χ4n) is 4.18. The van der Waals surface area contributed by atoms with Gasteiger partial charge < -0.3 is 4.74 Å². The van der Waals surface area contributed by atoms with Crippen molar-refractivity contribution in [3.05, 3.63) is 53.9 Å². The molecule has 2 saturated heterocycles. The van der Waals surface area contributed by atoms with Gasteiger partial charge in [0.25, 0.3) is 0 Å². The van der Waals surface area contributed by atoms with Crippen molar-refractivity contribution in [1.29, 1.82) is 0 Å². The van der Waals surface area contributed by atoms with Crippen LogP contribution in [0, 0.1) is 0 Å². The highest BCUT2D eigenvalue weighted by Crippen LogP contribution is 2.31. The molecule has 0 saturated carbocycles. The minimum atomic E-state index is 0.287. The van der Waals surface area contributed by atoms with Gasteiger partial charge in [0.2, 0.25) is 0 Å². The monoisotopic (exact) mass is 340 g/mol. The van der Waals surface area contributed by atoms with E-state index in [0.29, 0.717) is 6.04 Å². The van der Waals surface area contributed by atoms with Crippen LogP contribution in [-0.2, 0) is 11.3 Å². The zero-order valence-electron chi connectivity index (χ0n) is 14.8. The third kappa shape index (κ3) is 4.29. The van der Waals surface area contributed by atoms with Crippen LogP contribution in [0.25, 0.3) is 0 Å². The summed E-state index contributed by atoms with van der Waals surface area (Å²) in [5.41, 5.74) is 2.63. The van der Waals surface area contributed by atoms with E-state index in [1.807, 2.05) is 6.20 Å². The second kappa shape index (κ2) is 8.13. The number of hydrogen-bond donors (Lipinski definition) is 1. The number of aromatic amines is 1. The average molecular weight is 340 g/mol. The number of likely N-dealkylation sites (tertiary alicyclic amines) is 1. The molecule has 0 unspecified atom stereocenters. The SMILES string of the molecule is c1ccc(CN2CCCO[C@@H](CN3CCC[C@H]3c3ccn[nH]3)C2)cc1. The van der Waals surface area contributed by atoms with Crippen molar-refractivity contribution in [2.75, 3.05) is 32.8 Å². The first-order valence-corrected chi connectivity index (χ1v) is 9.50. The number of nitrogens with one attached hydrogen (secondary N) is 1. The standard InChI is InChI=1S/C20H28N4O/c1-2-6-17(7-3-1)14-23-11-5-13-25-18(15-23)16-24-12-4-8-20(24)19-9-10-21-22-19/h1-3,6-7,9-10,18,20H,4-5,8,11-16H2,(H,21,22)/t18-,20+/m1/s1. The molecule has 5 nitrogen and oxygen atoms in total. The number of ether oxygens (including phenoxy) is 1. The summed E-state index contributed by atoms with van der Waals surface area (Å²) >= 11 is 0. The van der Waals surface area contributed by atoms with Gasteiger partial charge in [-0.2, -0.15) is 5.10 Å². The Morgan fingerprint density at radius 3 is 2.88 bits per heavy atom. The van der Waals surface area contributed by atoms with E-state index in [1.165, 1.54) is 24.1 Å². The van der Waals surface area contributed by atoms with Crippen molar-refractivity contribution in [1.82, 2.24) is 20.0 Å². The minimum Gasteiger partial charge on any atom is -0.376 e. The Morgan fingerprint density at radius 2 is 2.04 bits per heavy atom. The van der Waals surface area contributed by atoms with Gasteiger partial charge >= 0.3 is 0 Å². The lowest BCUT2D eigenvalue weighted by Gasteiger charge is -2.30. The number of hydrogen-bond acceptors (Lipinski definition) is 4. The molecule has 2 fully saturated rings. The van der Waals surface area contributed by atoms with Crippen LogP contribution in [0.1, 0.15) is 36.6 Å². The van der Waals surface area contributed by atoms with Crippen LogP contribution in [0.4, 0.5) is 0 Å². The van der Waals surface area contributed by atoms with E-state index in [-0.39, 0.29) is 6.10 Å². The molecule has 2 atom stereocenters. The molecule has 0 amide bonds. The van der Waals surface area contributed by atoms with Crippen LogP contribution < -0.4 is 0 Å². The zero-order valence-corrected chi connectivity index (χ0v) is 14.8. The fourth-order valence-corrected chi connectivity index (χ4v) is 4.18. The van der Waals surface area contributed by atoms with Gasteiger partial charge in [-0.05, 0) is 37.4 Å². The predicted molar refractivity (Wildman–Crippen MR) is 98.2 cm³/mol. The van der Waals surface area contributed by atoms with E-state index in [2.05, 4.69) is 56.4 Å². The Kier molecular flexibility index (Phi) is 5.45. The highest BCUT2D eigenvalue weighted by Gasteiger charge is 2.30. The number of H-pyrrole nitrogens is 1. The van der Waals surface area contributed by atoms with Crippen molar-refractivity contribution >= 4 is 0 Å². The molecule has 2 aromatic rings. The van der Waals surface area contributed by atoms with Gasteiger partial charge in [0.1, 0.15) is 0 Å². The highest BCUT2D eigenvalue weighted by molar-refractivity contribution is 5.14. The topological polar surface area (TPSA) is 44.4 Å². The van der Waals surface area contributed by atoms with Gasteiger partial charge in [0.15, 0.2) is 0 Å². The summed E-state index contributed by atoms with van der Waals surface area (Å²) in [6.07, 6.45) is 5.73. The van der Waals surface area contributed by atoms with Crippen LogP contribution >= 0.6 is 0 Å². The maximum absolute atomic E-state index is 6.19. The predicted octanol–water partition coefficient (Wildman–Crippen LogP) is 2.84. The lowest BCUT2D eigenvalue weighted by Crippen LogP contribution is -2.40. The van der Waals surface area contributed by atoms with Gasteiger partial charge in [0.05, 0.1) is 17.8 Å². The lowest BCUT2D eigenvalue weighted by atomic mass is 10.1. The summed E-state index contributed by atoms with van der Waals surface area (Å²) < 4.78 is 6.19. The molecule has 0 aliphatic carbocycles. The molecule has 5 heteroatoms. The van der Waals surface area contributed by atoms with Crippen LogP contribution in [-0.4, -0.2) is 58.9 Å². The van der Waals surface area contributed by atoms with Crippen molar-refractivity contribution in [2.24, 2.45) is 0 Å². The highest BCUT2D eigenvalue weighted by atomic mass is 16.5. The maximum atomic E-state index is 6.19. The first kappa shape index (κ1) is 16.8. The van der Waals surface area contributed by atoms with Crippen LogP contribution in [0.15, 0.2) is 42.6 Å². The normalized spacial score (nSPS) is 25.9. The third-order valence-electron chi connectivity index (χ3n) is 5.37. The Bertz CT molecular complexity index is 630. The molecular formula is C20H28N4O. The number of rotatable bonds is 5. The van der Waals surface area contributed by atoms with E-state index in [4.69, 9.17) is 4.74 Å². The number of aromatic nitrogens is 2. The largest absolute Gasteiger partial charge is 0.376 e. The summed E-state index contributed by atoms with van der Waals surface area (Å²) in [5.74, 6) is 0. The molecule has 3 heterocycles. The van der Waals surface area contributed by atoms with Crippen molar-refractivity contribution in [2.45, 2.75) is 38.0 Å². The zero-order chi connectivity index (χ0) is 16.9. The molecule has 134 valence electrons. The molecule has 2 aliphatic heterocycles. The summed E-state index contributed by atoms with van der Waals surface area (Å²) in [7, 11) is 0. The number of benzene rings is 1. The maximum Gasteiger partial charge on any atom is 0.0828 e. The fraction of sp³-hybridized carbons (Fsp3) is 0.550. The smallest absolute Gasteiger partial charge is 0.0828 e. The van der Waals surface area contributed by atoms with Crippen molar-refractivity contribution in [3.63, 3.8) is 0 Å². The van der Waals surface area contributed by atoms with Gasteiger partial charge in [-0.3, -0.25) is 14.9 Å². The molecule has 4 rings (SSSR count). The van der Waals surface area contributed by atoms with Gasteiger partial charge in [-0.15, -0.1) is 0 Å². The second-order valence-electron chi connectivity index (χ2n) is 7.23. The van der Waals surface area contributed by atoms with Gasteiger partial charge in [-0.25, -0.2) is 0 Å². The Balaban J connectivity index is 1.37. The van der Waals surface area contributed by atoms with Crippen LogP contribution in [0.5, 0.6) is 0 Å². The second-order valence-corrected chi connectivity index (χ2v) is 7.23. The molecule has 0 bridgehead atoms. The quantitative estimate of drug-likeness (QED) is 0.909. The van der Waals surface area contributed by atoms with E-state index in [1.54, 1.807) is 0 Å². The number of nitrogens with zero attached hydrogens (tertiary/aromatic N) is 3. The van der Waals surface area contributed by atoms with Crippen molar-refractivity contribution < 1.29 is 4.74 Å². The van der Waals surface area contributed by atoms with E-state index in [9.17, 15) is 0 Å². The summed E-state index contributed by atoms with van der Waals surface area (Å²) in [4.78, 5) is 5.12. The average Bonchev–Trinajstić information content (AvgIpc) is 3.26. The van der Waals surface area contributed by atoms with Crippen LogP contribution in [0.3, 0.4) is 0 Å². The third-order valence-corrected chi connectivity index (χ3v) is 5.37. The lowest BCUT2D eigenvalue weighted by molar-refractivity contribution is 0.0223. The van der Waals surface area contributed by atoms with E-state index >= 15 is 0 Å². The molecule has 2 aliphatic rings. The molecule has 1 aromatic carbocycles. The Morgan fingerprint density at radius 1 is 1.12 bits per heavy atom. The first-order chi connectivity index (χ1) is 12.4. The molecule has 0 radical (unpaired) electrons. The molecule has 1 N–H and O–H groups in total. The van der Waals surface area contributed by atoms with Gasteiger partial charge in [-0.1, -0.05) is 30.3 Å². The molecule has 25 heavy (non-hydrogen) atoms. The molecule has 0 spiro atoms. The van der Waals surface area contributed by atoms with E-state index < -0.39 is 0 Å². The first-order valence-electron chi connectivity index (χ1n) is 9.50. The summed E-state index contributed by atoms with van der Waals surface area (Å²) in [6, 6.07) is 13.3. The summed E-state index contributed by atoms with van der Waals surface area (Å²) in [5, 5.41) is 7.29. The molecular weight excluding hydrogens is 312 g/mol. The van der Waals surface area contributed by atoms with Crippen molar-refractivity contribution in [3.8, 4) is 0 Å². The Labute approximate surface area is 150 Å². The molecule has 1 aromatic heterocycles. The summed E-state index contributed by atoms with van der Waals surface area (Å²) in [6.45, 7) is 6.19. The Hall–Kier alpha value is -1.69. The van der Waals surface area contributed by atoms with Crippen LogP contribution in [0.2, 0.25) is 0 Å². The van der Waals surface area contributed by atoms with Gasteiger partial charge in [0, 0.05) is 39.0 Å². The minimum absolute atomic E-state index is 0.287. The van der Waals surface area contributed by atoms with E-state index in [0.717, 1.165) is 45.8 Å².